The van der Waals surface area contributed by atoms with Crippen molar-refractivity contribution in [3.8, 4) is 5.75 Å². The monoisotopic (exact) mass is 369 g/mol. The van der Waals surface area contributed by atoms with Crippen LogP contribution in [0.4, 0.5) is 11.5 Å². The molecule has 142 valence electrons. The summed E-state index contributed by atoms with van der Waals surface area (Å²) >= 11 is 0. The van der Waals surface area contributed by atoms with Crippen LogP contribution in [0.1, 0.15) is 23.2 Å². The van der Waals surface area contributed by atoms with E-state index in [4.69, 9.17) is 4.74 Å². The molecule has 2 heterocycles. The van der Waals surface area contributed by atoms with Gasteiger partial charge in [-0.25, -0.2) is 9.97 Å². The Morgan fingerprint density at radius 2 is 1.81 bits per heavy atom. The molecule has 1 aliphatic heterocycles. The number of para-hydroxylation sites is 2. The van der Waals surface area contributed by atoms with Crippen molar-refractivity contribution in [3.63, 3.8) is 0 Å². The Morgan fingerprint density at radius 3 is 2.48 bits per heavy atom. The molecule has 0 aliphatic carbocycles. The summed E-state index contributed by atoms with van der Waals surface area (Å²) in [5, 5.41) is 2.83. The molecule has 3 rings (SSSR count). The molecule has 1 saturated heterocycles. The van der Waals surface area contributed by atoms with Crippen molar-refractivity contribution in [1.82, 2.24) is 14.9 Å². The van der Waals surface area contributed by atoms with Crippen molar-refractivity contribution in [2.75, 3.05) is 43.5 Å². The van der Waals surface area contributed by atoms with Crippen LogP contribution in [0, 0.1) is 6.92 Å². The van der Waals surface area contributed by atoms with Crippen LogP contribution in [0.2, 0.25) is 0 Å². The number of carbonyl (C=O) groups excluding carboxylic acids is 2. The number of amides is 2. The van der Waals surface area contributed by atoms with Crippen molar-refractivity contribution in [3.05, 3.63) is 41.9 Å². The fraction of sp³-hybridized carbons (Fsp3) is 0.368. The zero-order valence-corrected chi connectivity index (χ0v) is 15.7. The first kappa shape index (κ1) is 18.6. The van der Waals surface area contributed by atoms with Crippen molar-refractivity contribution in [2.24, 2.45) is 0 Å². The number of hydrogen-bond acceptors (Lipinski definition) is 6. The highest BCUT2D eigenvalue weighted by Crippen LogP contribution is 2.24. The lowest BCUT2D eigenvalue weighted by atomic mass is 10.2. The number of piperazine rings is 1. The molecule has 1 aromatic carbocycles. The van der Waals surface area contributed by atoms with E-state index in [1.165, 1.54) is 0 Å². The van der Waals surface area contributed by atoms with Crippen LogP contribution in [-0.4, -0.2) is 60.0 Å². The Morgan fingerprint density at radius 1 is 1.11 bits per heavy atom. The number of nitrogens with one attached hydrogen (secondary N) is 1. The first-order valence-electron chi connectivity index (χ1n) is 8.78. The highest BCUT2D eigenvalue weighted by Gasteiger charge is 2.21. The Hall–Kier alpha value is -3.16. The summed E-state index contributed by atoms with van der Waals surface area (Å²) in [6.45, 7) is 5.95. The van der Waals surface area contributed by atoms with Crippen molar-refractivity contribution >= 4 is 23.3 Å². The number of benzene rings is 1. The van der Waals surface area contributed by atoms with Crippen LogP contribution in [-0.2, 0) is 4.79 Å². The lowest BCUT2D eigenvalue weighted by Gasteiger charge is -2.35. The predicted octanol–water partition coefficient (Wildman–Crippen LogP) is 1.71. The van der Waals surface area contributed by atoms with Gasteiger partial charge in [0, 0.05) is 39.2 Å². The topological polar surface area (TPSA) is 87.7 Å². The van der Waals surface area contributed by atoms with E-state index < -0.39 is 0 Å². The fourth-order valence-electron chi connectivity index (χ4n) is 3.01. The van der Waals surface area contributed by atoms with Gasteiger partial charge < -0.3 is 19.9 Å². The normalized spacial score (nSPS) is 14.0. The number of rotatable bonds is 4. The minimum Gasteiger partial charge on any atom is -0.495 e. The molecule has 8 nitrogen and oxygen atoms in total. The molecular formula is C19H23N5O3. The van der Waals surface area contributed by atoms with Gasteiger partial charge in [0.1, 0.15) is 23.1 Å². The van der Waals surface area contributed by atoms with Gasteiger partial charge in [0.05, 0.1) is 12.8 Å². The highest BCUT2D eigenvalue weighted by atomic mass is 16.5. The summed E-state index contributed by atoms with van der Waals surface area (Å²) in [4.78, 5) is 36.8. The minimum absolute atomic E-state index is 0.0744. The molecule has 0 unspecified atom stereocenters. The Balaban J connectivity index is 1.77. The van der Waals surface area contributed by atoms with Crippen LogP contribution in [0.3, 0.4) is 0 Å². The Bertz CT molecular complexity index is 847. The summed E-state index contributed by atoms with van der Waals surface area (Å²) in [5.41, 5.74) is 0.871. The molecule has 0 bridgehead atoms. The molecule has 27 heavy (non-hydrogen) atoms. The van der Waals surface area contributed by atoms with Gasteiger partial charge in [0.2, 0.25) is 5.91 Å². The smallest absolute Gasteiger partial charge is 0.274 e. The lowest BCUT2D eigenvalue weighted by Crippen LogP contribution is -2.48. The van der Waals surface area contributed by atoms with E-state index in [0.29, 0.717) is 49.3 Å². The van der Waals surface area contributed by atoms with Crippen molar-refractivity contribution in [1.29, 1.82) is 0 Å². The fourth-order valence-corrected chi connectivity index (χ4v) is 3.01. The molecule has 8 heteroatoms. The van der Waals surface area contributed by atoms with Crippen LogP contribution >= 0.6 is 0 Å². The maximum atomic E-state index is 12.7. The first-order valence-corrected chi connectivity index (χ1v) is 8.78. The molecular weight excluding hydrogens is 346 g/mol. The molecule has 0 saturated carbocycles. The summed E-state index contributed by atoms with van der Waals surface area (Å²) in [5.74, 6) is 1.54. The lowest BCUT2D eigenvalue weighted by molar-refractivity contribution is -0.129. The third-order valence-electron chi connectivity index (χ3n) is 4.46. The molecule has 0 radical (unpaired) electrons. The van der Waals surface area contributed by atoms with E-state index in [1.54, 1.807) is 44.1 Å². The standard InChI is InChI=1S/C19H23N5O3/c1-13-20-16(19(26)22-15-6-4-5-7-17(15)27-3)12-18(21-13)24-10-8-23(9-11-24)14(2)25/h4-7,12H,8-11H2,1-3H3,(H,22,26). The van der Waals surface area contributed by atoms with Crippen molar-refractivity contribution < 1.29 is 14.3 Å². The molecule has 2 aromatic rings. The van der Waals surface area contributed by atoms with Crippen LogP contribution in [0.25, 0.3) is 0 Å². The average molecular weight is 369 g/mol. The quantitative estimate of drug-likeness (QED) is 0.883. The number of ether oxygens (including phenoxy) is 1. The summed E-state index contributed by atoms with van der Waals surface area (Å²) in [6.07, 6.45) is 0. The van der Waals surface area contributed by atoms with E-state index in [-0.39, 0.29) is 17.5 Å². The molecule has 1 aromatic heterocycles. The number of aryl methyl sites for hydroxylation is 1. The zero-order chi connectivity index (χ0) is 19.4. The first-order chi connectivity index (χ1) is 13.0. The zero-order valence-electron chi connectivity index (χ0n) is 15.7. The van der Waals surface area contributed by atoms with Gasteiger partial charge in [-0.15, -0.1) is 0 Å². The minimum atomic E-state index is -0.325. The maximum absolute atomic E-state index is 12.7. The number of methoxy groups -OCH3 is 1. The van der Waals surface area contributed by atoms with E-state index in [0.717, 1.165) is 0 Å². The molecule has 1 N–H and O–H groups in total. The molecule has 1 fully saturated rings. The van der Waals surface area contributed by atoms with Crippen LogP contribution < -0.4 is 15.0 Å². The second-order valence-corrected chi connectivity index (χ2v) is 6.31. The third kappa shape index (κ3) is 4.33. The van der Waals surface area contributed by atoms with E-state index in [9.17, 15) is 9.59 Å². The average Bonchev–Trinajstić information content (AvgIpc) is 2.68. The van der Waals surface area contributed by atoms with Gasteiger partial charge in [-0.2, -0.15) is 0 Å². The van der Waals surface area contributed by atoms with Gasteiger partial charge >= 0.3 is 0 Å². The maximum Gasteiger partial charge on any atom is 0.274 e. The van der Waals surface area contributed by atoms with Crippen LogP contribution in [0.5, 0.6) is 5.75 Å². The number of anilines is 2. The largest absolute Gasteiger partial charge is 0.495 e. The molecule has 0 atom stereocenters. The van der Waals surface area contributed by atoms with Crippen LogP contribution in [0.15, 0.2) is 30.3 Å². The van der Waals surface area contributed by atoms with E-state index in [2.05, 4.69) is 20.2 Å². The summed E-state index contributed by atoms with van der Waals surface area (Å²) in [6, 6.07) is 8.89. The molecule has 2 amide bonds. The summed E-state index contributed by atoms with van der Waals surface area (Å²) in [7, 11) is 1.55. The molecule has 0 spiro atoms. The molecule has 1 aliphatic rings. The summed E-state index contributed by atoms with van der Waals surface area (Å²) < 4.78 is 5.27. The predicted molar refractivity (Wildman–Crippen MR) is 102 cm³/mol. The number of hydrogen-bond donors (Lipinski definition) is 1. The number of aromatic nitrogens is 2. The Labute approximate surface area is 158 Å². The Kier molecular flexibility index (Phi) is 5.54. The SMILES string of the molecule is COc1ccccc1NC(=O)c1cc(N2CCN(C(C)=O)CC2)nc(C)n1. The van der Waals surface area contributed by atoms with E-state index >= 15 is 0 Å². The van der Waals surface area contributed by atoms with E-state index in [1.807, 2.05) is 12.1 Å². The van der Waals surface area contributed by atoms with Gasteiger partial charge in [-0.1, -0.05) is 12.1 Å². The highest BCUT2D eigenvalue weighted by molar-refractivity contribution is 6.04. The third-order valence-corrected chi connectivity index (χ3v) is 4.46. The number of nitrogens with zero attached hydrogens (tertiary/aromatic N) is 4. The number of carbonyl (C=O) groups is 2. The van der Waals surface area contributed by atoms with Gasteiger partial charge in [-0.3, -0.25) is 9.59 Å². The van der Waals surface area contributed by atoms with Gasteiger partial charge in [0.15, 0.2) is 0 Å². The second-order valence-electron chi connectivity index (χ2n) is 6.31. The van der Waals surface area contributed by atoms with Gasteiger partial charge in [-0.05, 0) is 19.1 Å². The van der Waals surface area contributed by atoms with Crippen molar-refractivity contribution in [2.45, 2.75) is 13.8 Å². The van der Waals surface area contributed by atoms with Gasteiger partial charge in [0.25, 0.3) is 5.91 Å². The second kappa shape index (κ2) is 8.03.